The van der Waals surface area contributed by atoms with E-state index < -0.39 is 10.2 Å². The van der Waals surface area contributed by atoms with Crippen LogP contribution in [0.4, 0.5) is 0 Å². The third kappa shape index (κ3) is 7.57. The zero-order valence-electron chi connectivity index (χ0n) is 13.7. The summed E-state index contributed by atoms with van der Waals surface area (Å²) in [5, 5.41) is 8.84. The Kier molecular flexibility index (Phi) is 9.63. The van der Waals surface area contributed by atoms with Crippen molar-refractivity contribution < 1.29 is 13.5 Å². The summed E-state index contributed by atoms with van der Waals surface area (Å²) in [4.78, 5) is 0. The summed E-state index contributed by atoms with van der Waals surface area (Å²) in [6.45, 7) is 9.90. The Labute approximate surface area is 125 Å². The van der Waals surface area contributed by atoms with Gasteiger partial charge in [-0.25, -0.2) is 0 Å². The van der Waals surface area contributed by atoms with Crippen molar-refractivity contribution in [1.29, 1.82) is 0 Å². The number of nitrogens with zero attached hydrogens (tertiary/aromatic N) is 2. The Morgan fingerprint density at radius 2 is 1.40 bits per heavy atom. The van der Waals surface area contributed by atoms with Crippen molar-refractivity contribution in [3.63, 3.8) is 0 Å². The van der Waals surface area contributed by atoms with Crippen LogP contribution in [0, 0.1) is 11.8 Å². The van der Waals surface area contributed by atoms with E-state index in [0.717, 1.165) is 12.8 Å². The fourth-order valence-corrected chi connectivity index (χ4v) is 3.18. The molecule has 0 aliphatic rings. The first kappa shape index (κ1) is 19.8. The highest BCUT2D eigenvalue weighted by molar-refractivity contribution is 7.86. The minimum Gasteiger partial charge on any atom is -0.396 e. The summed E-state index contributed by atoms with van der Waals surface area (Å²) in [7, 11) is -1.82. The smallest absolute Gasteiger partial charge is 0.281 e. The molecule has 0 bridgehead atoms. The van der Waals surface area contributed by atoms with Crippen LogP contribution in [0.1, 0.15) is 47.0 Å². The average molecular weight is 308 g/mol. The second-order valence-corrected chi connectivity index (χ2v) is 8.21. The van der Waals surface area contributed by atoms with Crippen LogP contribution in [-0.2, 0) is 10.2 Å². The first-order valence-corrected chi connectivity index (χ1v) is 8.93. The first-order valence-electron chi connectivity index (χ1n) is 7.54. The molecule has 0 aliphatic carbocycles. The van der Waals surface area contributed by atoms with E-state index in [4.69, 9.17) is 5.11 Å². The molecule has 0 saturated carbocycles. The zero-order valence-corrected chi connectivity index (χ0v) is 14.5. The van der Waals surface area contributed by atoms with Crippen LogP contribution in [0.15, 0.2) is 0 Å². The van der Waals surface area contributed by atoms with E-state index in [1.807, 2.05) is 0 Å². The predicted octanol–water partition coefficient (Wildman–Crippen LogP) is 1.94. The molecule has 0 spiro atoms. The van der Waals surface area contributed by atoms with Crippen LogP contribution < -0.4 is 0 Å². The van der Waals surface area contributed by atoms with Gasteiger partial charge in [-0.15, -0.1) is 0 Å². The molecule has 0 saturated heterocycles. The van der Waals surface area contributed by atoms with Gasteiger partial charge in [0, 0.05) is 33.3 Å². The Morgan fingerprint density at radius 3 is 1.75 bits per heavy atom. The summed E-state index contributed by atoms with van der Waals surface area (Å²) in [6.07, 6.45) is 2.20. The molecule has 0 unspecified atom stereocenters. The van der Waals surface area contributed by atoms with Gasteiger partial charge in [-0.3, -0.25) is 0 Å². The molecule has 0 fully saturated rings. The van der Waals surface area contributed by atoms with Gasteiger partial charge in [0.1, 0.15) is 0 Å². The third-order valence-electron chi connectivity index (χ3n) is 3.26. The Hall–Kier alpha value is -0.170. The van der Waals surface area contributed by atoms with E-state index >= 15 is 0 Å². The lowest BCUT2D eigenvalue weighted by Crippen LogP contribution is -2.43. The van der Waals surface area contributed by atoms with Gasteiger partial charge >= 0.3 is 0 Å². The van der Waals surface area contributed by atoms with Gasteiger partial charge in [0.05, 0.1) is 0 Å². The summed E-state index contributed by atoms with van der Waals surface area (Å²) >= 11 is 0. The van der Waals surface area contributed by atoms with E-state index in [9.17, 15) is 8.42 Å². The van der Waals surface area contributed by atoms with E-state index in [1.54, 1.807) is 11.4 Å². The molecular weight excluding hydrogens is 276 g/mol. The Morgan fingerprint density at radius 1 is 0.950 bits per heavy atom. The van der Waals surface area contributed by atoms with Crippen LogP contribution in [0.5, 0.6) is 0 Å². The summed E-state index contributed by atoms with van der Waals surface area (Å²) in [5.41, 5.74) is 0. The molecular formula is C14H32N2O3S. The molecule has 5 nitrogen and oxygen atoms in total. The summed E-state index contributed by atoms with van der Waals surface area (Å²) in [6, 6.07) is 0. The molecule has 0 aromatic heterocycles. The number of rotatable bonds is 11. The molecule has 0 aromatic carbocycles. The molecule has 0 aromatic rings. The van der Waals surface area contributed by atoms with E-state index in [2.05, 4.69) is 27.7 Å². The zero-order chi connectivity index (χ0) is 15.8. The van der Waals surface area contributed by atoms with Crippen molar-refractivity contribution in [3.8, 4) is 0 Å². The van der Waals surface area contributed by atoms with Gasteiger partial charge in [0.2, 0.25) is 0 Å². The fraction of sp³-hybridized carbons (Fsp3) is 1.00. The Balaban J connectivity index is 4.77. The van der Waals surface area contributed by atoms with Crippen molar-refractivity contribution in [3.05, 3.63) is 0 Å². The molecule has 20 heavy (non-hydrogen) atoms. The second kappa shape index (κ2) is 9.71. The minimum absolute atomic E-state index is 0.0118. The molecule has 0 rings (SSSR count). The van der Waals surface area contributed by atoms with Crippen molar-refractivity contribution in [2.24, 2.45) is 11.8 Å². The molecule has 6 heteroatoms. The van der Waals surface area contributed by atoms with Gasteiger partial charge in [-0.05, 0) is 31.1 Å². The van der Waals surface area contributed by atoms with E-state index in [1.165, 1.54) is 4.31 Å². The molecule has 0 radical (unpaired) electrons. The van der Waals surface area contributed by atoms with Gasteiger partial charge in [0.25, 0.3) is 10.2 Å². The molecule has 1 N–H and O–H groups in total. The lowest BCUT2D eigenvalue weighted by atomic mass is 10.1. The van der Waals surface area contributed by atoms with Crippen LogP contribution in [0.25, 0.3) is 0 Å². The lowest BCUT2D eigenvalue weighted by Gasteiger charge is -2.28. The van der Waals surface area contributed by atoms with Crippen LogP contribution in [-0.4, -0.2) is 55.4 Å². The first-order chi connectivity index (χ1) is 9.21. The molecule has 0 atom stereocenters. The average Bonchev–Trinajstić information content (AvgIpc) is 2.34. The van der Waals surface area contributed by atoms with Gasteiger partial charge in [0.15, 0.2) is 0 Å². The van der Waals surface area contributed by atoms with E-state index in [-0.39, 0.29) is 6.61 Å². The number of hydrogen-bond acceptors (Lipinski definition) is 3. The topological polar surface area (TPSA) is 60.9 Å². The van der Waals surface area contributed by atoms with Crippen molar-refractivity contribution in [2.45, 2.75) is 47.0 Å². The maximum absolute atomic E-state index is 12.5. The van der Waals surface area contributed by atoms with Crippen LogP contribution in [0.2, 0.25) is 0 Å². The summed E-state index contributed by atoms with van der Waals surface area (Å²) in [5.74, 6) is 0.962. The van der Waals surface area contributed by atoms with E-state index in [0.29, 0.717) is 37.9 Å². The molecule has 0 heterocycles. The Bertz CT molecular complexity index is 330. The number of aliphatic hydroxyl groups is 1. The standard InChI is InChI=1S/C14H32N2O3S/c1-13(2)7-10-16(11-8-14(3)4)20(18,19)15(5)9-6-12-17/h13-14,17H,6-12H2,1-5H3. The van der Waals surface area contributed by atoms with Gasteiger partial charge in [-0.1, -0.05) is 27.7 Å². The third-order valence-corrected chi connectivity index (χ3v) is 5.25. The normalized spacial score (nSPS) is 13.1. The maximum Gasteiger partial charge on any atom is 0.281 e. The molecule has 122 valence electrons. The van der Waals surface area contributed by atoms with Crippen molar-refractivity contribution in [1.82, 2.24) is 8.61 Å². The maximum atomic E-state index is 12.5. The van der Waals surface area contributed by atoms with Crippen molar-refractivity contribution in [2.75, 3.05) is 33.3 Å². The van der Waals surface area contributed by atoms with Crippen LogP contribution >= 0.6 is 0 Å². The predicted molar refractivity (Wildman–Crippen MR) is 83.7 cm³/mol. The number of hydrogen-bond donors (Lipinski definition) is 1. The quantitative estimate of drug-likeness (QED) is 0.634. The highest BCUT2D eigenvalue weighted by Gasteiger charge is 2.26. The SMILES string of the molecule is CC(C)CCN(CCC(C)C)S(=O)(=O)N(C)CCCO. The highest BCUT2D eigenvalue weighted by atomic mass is 32.2. The second-order valence-electron chi connectivity index (χ2n) is 6.17. The summed E-state index contributed by atoms with van der Waals surface area (Å²) < 4.78 is 28.0. The molecule has 0 amide bonds. The van der Waals surface area contributed by atoms with Gasteiger partial charge in [-0.2, -0.15) is 17.0 Å². The highest BCUT2D eigenvalue weighted by Crippen LogP contribution is 2.13. The van der Waals surface area contributed by atoms with Gasteiger partial charge < -0.3 is 5.11 Å². The fourth-order valence-electron chi connectivity index (χ4n) is 1.75. The van der Waals surface area contributed by atoms with Crippen molar-refractivity contribution >= 4 is 10.2 Å². The largest absolute Gasteiger partial charge is 0.396 e. The number of aliphatic hydroxyl groups excluding tert-OH is 1. The van der Waals surface area contributed by atoms with Crippen LogP contribution in [0.3, 0.4) is 0 Å². The minimum atomic E-state index is -3.41. The lowest BCUT2D eigenvalue weighted by molar-refractivity contribution is 0.269. The monoisotopic (exact) mass is 308 g/mol. The molecule has 0 aliphatic heterocycles.